The predicted octanol–water partition coefficient (Wildman–Crippen LogP) is 0.731. The molecule has 16 heavy (non-hydrogen) atoms. The molecule has 88 valence electrons. The van der Waals surface area contributed by atoms with E-state index >= 15 is 0 Å². The summed E-state index contributed by atoms with van der Waals surface area (Å²) in [7, 11) is 0. The van der Waals surface area contributed by atoms with Gasteiger partial charge in [0, 0.05) is 11.8 Å². The highest BCUT2D eigenvalue weighted by molar-refractivity contribution is 5.78. The number of hydrogen-bond donors (Lipinski definition) is 2. The summed E-state index contributed by atoms with van der Waals surface area (Å²) < 4.78 is 4.86. The van der Waals surface area contributed by atoms with Crippen LogP contribution in [0, 0.1) is 6.92 Å². The summed E-state index contributed by atoms with van der Waals surface area (Å²) >= 11 is 0. The van der Waals surface area contributed by atoms with Crippen molar-refractivity contribution in [1.29, 1.82) is 0 Å². The minimum absolute atomic E-state index is 0.179. The molecule has 3 N–H and O–H groups in total. The van der Waals surface area contributed by atoms with Gasteiger partial charge in [0.05, 0.1) is 6.61 Å². The molecule has 0 fully saturated rings. The maximum Gasteiger partial charge on any atom is 0.328 e. The summed E-state index contributed by atoms with van der Waals surface area (Å²) in [5, 5.41) is 2.90. The van der Waals surface area contributed by atoms with E-state index in [1.165, 1.54) is 0 Å². The fourth-order valence-corrected chi connectivity index (χ4v) is 1.21. The van der Waals surface area contributed by atoms with Crippen LogP contribution in [0.5, 0.6) is 0 Å². The Morgan fingerprint density at radius 3 is 2.88 bits per heavy atom. The minimum atomic E-state index is -0.464. The number of anilines is 2. The fraction of sp³-hybridized carbons (Fsp3) is 0.500. The molecule has 1 aromatic rings. The van der Waals surface area contributed by atoms with Crippen LogP contribution in [0.4, 0.5) is 11.8 Å². The summed E-state index contributed by atoms with van der Waals surface area (Å²) in [6, 6.07) is 1.25. The highest BCUT2D eigenvalue weighted by Crippen LogP contribution is 2.08. The van der Waals surface area contributed by atoms with Gasteiger partial charge < -0.3 is 15.8 Å². The Balaban J connectivity index is 2.69. The highest BCUT2D eigenvalue weighted by Gasteiger charge is 2.14. The van der Waals surface area contributed by atoms with Gasteiger partial charge >= 0.3 is 5.97 Å². The number of aryl methyl sites for hydroxylation is 1. The molecule has 0 bridgehead atoms. The minimum Gasteiger partial charge on any atom is -0.464 e. The summed E-state index contributed by atoms with van der Waals surface area (Å²) in [5.41, 5.74) is 6.23. The summed E-state index contributed by atoms with van der Waals surface area (Å²) in [6.45, 7) is 5.62. The first-order valence-electron chi connectivity index (χ1n) is 5.07. The van der Waals surface area contributed by atoms with Gasteiger partial charge in [0.15, 0.2) is 0 Å². The van der Waals surface area contributed by atoms with Crippen molar-refractivity contribution in [3.8, 4) is 0 Å². The molecule has 6 heteroatoms. The molecule has 0 saturated heterocycles. The molecular weight excluding hydrogens is 208 g/mol. The molecule has 0 saturated carbocycles. The third-order valence-electron chi connectivity index (χ3n) is 1.88. The van der Waals surface area contributed by atoms with Crippen LogP contribution >= 0.6 is 0 Å². The van der Waals surface area contributed by atoms with Gasteiger partial charge in [0.2, 0.25) is 5.95 Å². The van der Waals surface area contributed by atoms with Crippen LogP contribution in [0.2, 0.25) is 0 Å². The molecule has 0 aliphatic carbocycles. The van der Waals surface area contributed by atoms with Gasteiger partial charge in [-0.25, -0.2) is 9.78 Å². The lowest BCUT2D eigenvalue weighted by atomic mass is 10.3. The smallest absolute Gasteiger partial charge is 0.328 e. The third kappa shape index (κ3) is 3.38. The number of nitrogens with two attached hydrogens (primary N) is 1. The van der Waals surface area contributed by atoms with Crippen molar-refractivity contribution < 1.29 is 9.53 Å². The van der Waals surface area contributed by atoms with E-state index in [2.05, 4.69) is 15.3 Å². The van der Waals surface area contributed by atoms with Crippen molar-refractivity contribution in [2.24, 2.45) is 0 Å². The molecule has 1 unspecified atom stereocenters. The number of hydrogen-bond acceptors (Lipinski definition) is 6. The van der Waals surface area contributed by atoms with Gasteiger partial charge in [-0.15, -0.1) is 0 Å². The Kier molecular flexibility index (Phi) is 4.04. The fourth-order valence-electron chi connectivity index (χ4n) is 1.21. The van der Waals surface area contributed by atoms with Crippen LogP contribution in [0.25, 0.3) is 0 Å². The maximum absolute atomic E-state index is 11.4. The van der Waals surface area contributed by atoms with E-state index < -0.39 is 6.04 Å². The number of nitrogens with zero attached hydrogens (tertiary/aromatic N) is 2. The number of esters is 1. The van der Waals surface area contributed by atoms with Gasteiger partial charge in [0.25, 0.3) is 0 Å². The van der Waals surface area contributed by atoms with Crippen molar-refractivity contribution in [3.63, 3.8) is 0 Å². The monoisotopic (exact) mass is 224 g/mol. The van der Waals surface area contributed by atoms with Crippen molar-refractivity contribution in [2.75, 3.05) is 17.7 Å². The van der Waals surface area contributed by atoms with Crippen molar-refractivity contribution >= 4 is 17.7 Å². The number of nitrogens with one attached hydrogen (secondary N) is 1. The molecule has 1 aromatic heterocycles. The Morgan fingerprint density at radius 1 is 1.62 bits per heavy atom. The van der Waals surface area contributed by atoms with Crippen molar-refractivity contribution in [3.05, 3.63) is 11.8 Å². The van der Waals surface area contributed by atoms with Gasteiger partial charge in [-0.2, -0.15) is 4.98 Å². The first-order valence-corrected chi connectivity index (χ1v) is 5.07. The molecule has 1 rings (SSSR count). The zero-order chi connectivity index (χ0) is 12.1. The second kappa shape index (κ2) is 5.29. The Bertz CT molecular complexity index is 361. The Morgan fingerprint density at radius 2 is 2.31 bits per heavy atom. The van der Waals surface area contributed by atoms with E-state index in [1.807, 2.05) is 0 Å². The van der Waals surface area contributed by atoms with E-state index in [9.17, 15) is 4.79 Å². The lowest BCUT2D eigenvalue weighted by molar-refractivity contribution is -0.143. The molecular formula is C10H16N4O2. The van der Waals surface area contributed by atoms with E-state index in [1.54, 1.807) is 26.8 Å². The number of aromatic nitrogens is 2. The maximum atomic E-state index is 11.4. The lowest BCUT2D eigenvalue weighted by Gasteiger charge is -2.13. The molecule has 1 atom stereocenters. The number of ether oxygens (including phenoxy) is 1. The van der Waals surface area contributed by atoms with Gasteiger partial charge in [-0.1, -0.05) is 0 Å². The Labute approximate surface area is 94.2 Å². The zero-order valence-electron chi connectivity index (χ0n) is 9.65. The standard InChI is InChI=1S/C10H16N4O2/c1-4-16-9(15)7(3)13-8-5-6(2)12-10(11)14-8/h5,7H,4H2,1-3H3,(H3,11,12,13,14). The van der Waals surface area contributed by atoms with Crippen molar-refractivity contribution in [1.82, 2.24) is 9.97 Å². The van der Waals surface area contributed by atoms with E-state index in [0.29, 0.717) is 12.4 Å². The van der Waals surface area contributed by atoms with E-state index in [0.717, 1.165) is 5.69 Å². The predicted molar refractivity (Wildman–Crippen MR) is 60.9 cm³/mol. The van der Waals surface area contributed by atoms with Gasteiger partial charge in [-0.3, -0.25) is 0 Å². The average Bonchev–Trinajstić information content (AvgIpc) is 2.16. The number of nitrogen functional groups attached to an aromatic ring is 1. The SMILES string of the molecule is CCOC(=O)C(C)Nc1cc(C)nc(N)n1. The van der Waals surface area contributed by atoms with E-state index in [4.69, 9.17) is 10.5 Å². The third-order valence-corrected chi connectivity index (χ3v) is 1.88. The van der Waals surface area contributed by atoms with Crippen LogP contribution < -0.4 is 11.1 Å². The van der Waals surface area contributed by atoms with Crippen LogP contribution in [0.3, 0.4) is 0 Å². The summed E-state index contributed by atoms with van der Waals surface area (Å²) in [5.74, 6) is 0.376. The second-order valence-electron chi connectivity index (χ2n) is 3.37. The molecule has 0 aliphatic heterocycles. The highest BCUT2D eigenvalue weighted by atomic mass is 16.5. The van der Waals surface area contributed by atoms with Crippen molar-refractivity contribution in [2.45, 2.75) is 26.8 Å². The normalized spacial score (nSPS) is 11.9. The number of carbonyl (C=O) groups is 1. The zero-order valence-corrected chi connectivity index (χ0v) is 9.65. The lowest BCUT2D eigenvalue weighted by Crippen LogP contribution is -2.28. The summed E-state index contributed by atoms with van der Waals surface area (Å²) in [4.78, 5) is 19.3. The number of rotatable bonds is 4. The Hall–Kier alpha value is -1.85. The largest absolute Gasteiger partial charge is 0.464 e. The molecule has 0 radical (unpaired) electrons. The van der Waals surface area contributed by atoms with Crippen LogP contribution in [-0.4, -0.2) is 28.6 Å². The molecule has 0 amide bonds. The summed E-state index contributed by atoms with van der Waals surface area (Å²) in [6.07, 6.45) is 0. The second-order valence-corrected chi connectivity index (χ2v) is 3.37. The van der Waals surface area contributed by atoms with Crippen LogP contribution in [0.1, 0.15) is 19.5 Å². The first kappa shape index (κ1) is 12.2. The topological polar surface area (TPSA) is 90.1 Å². The molecule has 0 aliphatic rings. The molecule has 6 nitrogen and oxygen atoms in total. The molecule has 0 spiro atoms. The van der Waals surface area contributed by atoms with Gasteiger partial charge in [-0.05, 0) is 20.8 Å². The quantitative estimate of drug-likeness (QED) is 0.733. The van der Waals surface area contributed by atoms with Gasteiger partial charge in [0.1, 0.15) is 11.9 Å². The van der Waals surface area contributed by atoms with Crippen LogP contribution in [-0.2, 0) is 9.53 Å². The first-order chi connectivity index (χ1) is 7.52. The molecule has 0 aromatic carbocycles. The van der Waals surface area contributed by atoms with Crippen LogP contribution in [0.15, 0.2) is 6.07 Å². The van der Waals surface area contributed by atoms with E-state index in [-0.39, 0.29) is 11.9 Å². The average molecular weight is 224 g/mol. The number of carbonyl (C=O) groups excluding carboxylic acids is 1. The molecule has 1 heterocycles.